The monoisotopic (exact) mass is 517 g/mol. The first-order valence-corrected chi connectivity index (χ1v) is 12.2. The molecule has 1 aliphatic heterocycles. The summed E-state index contributed by atoms with van der Waals surface area (Å²) in [6.07, 6.45) is 3.34. The van der Waals surface area contributed by atoms with Gasteiger partial charge in [-0.3, -0.25) is 10.2 Å². The minimum Gasteiger partial charge on any atom is -0.454 e. The molecule has 0 spiro atoms. The number of likely N-dealkylation sites (N-methyl/N-ethyl adjacent to an activating group) is 1. The summed E-state index contributed by atoms with van der Waals surface area (Å²) in [6, 6.07) is 12.8. The Balaban J connectivity index is 1.57. The summed E-state index contributed by atoms with van der Waals surface area (Å²) in [5.74, 6) is 0.785. The van der Waals surface area contributed by atoms with Gasteiger partial charge in [-0.2, -0.15) is 10.2 Å². The number of nitrogens with zero attached hydrogens (tertiary/aromatic N) is 4. The molecule has 190 valence electrons. The highest BCUT2D eigenvalue weighted by molar-refractivity contribution is 6.31. The summed E-state index contributed by atoms with van der Waals surface area (Å²) in [5.41, 5.74) is 14.7. The quantitative estimate of drug-likeness (QED) is 0.322. The van der Waals surface area contributed by atoms with Crippen molar-refractivity contribution >= 4 is 40.0 Å². The molecule has 5 rings (SSSR count). The minimum atomic E-state index is -0.190. The number of benzene rings is 2. The number of anilines is 1. The molecule has 4 aromatic rings. The second-order valence-electron chi connectivity index (χ2n) is 9.27. The second-order valence-corrected chi connectivity index (χ2v) is 9.70. The standard InChI is InChI=1S/C27H28ClN7O2/c1-15-20-14-17(28)7-12-21(20)37-26(15)25-23-24(16(2)31-32-27(23)29)33-35(25)19-10-8-18(9-11-19)30-22(36)6-5-13-34(3)4/h5-12,14,16,31H,13H2,1-4H3,(H2,29,32)(H,30,36)/b6-5+. The van der Waals surface area contributed by atoms with Gasteiger partial charge in [0.05, 0.1) is 23.0 Å². The number of rotatable bonds is 6. The lowest BCUT2D eigenvalue weighted by Gasteiger charge is -2.16. The number of aryl methyl sites for hydroxylation is 1. The molecule has 1 aliphatic rings. The van der Waals surface area contributed by atoms with Crippen molar-refractivity contribution in [1.82, 2.24) is 20.1 Å². The van der Waals surface area contributed by atoms with Crippen LogP contribution in [0.3, 0.4) is 0 Å². The Morgan fingerprint density at radius 2 is 2.03 bits per heavy atom. The summed E-state index contributed by atoms with van der Waals surface area (Å²) in [5, 5.41) is 13.6. The van der Waals surface area contributed by atoms with Crippen molar-refractivity contribution in [3.05, 3.63) is 76.5 Å². The Morgan fingerprint density at radius 1 is 1.27 bits per heavy atom. The summed E-state index contributed by atoms with van der Waals surface area (Å²) >= 11 is 6.26. The van der Waals surface area contributed by atoms with Crippen LogP contribution in [0.1, 0.15) is 29.8 Å². The van der Waals surface area contributed by atoms with Gasteiger partial charge in [0.1, 0.15) is 11.3 Å². The highest BCUT2D eigenvalue weighted by Crippen LogP contribution is 2.39. The molecule has 0 radical (unpaired) electrons. The molecule has 1 unspecified atom stereocenters. The zero-order valence-corrected chi connectivity index (χ0v) is 21.8. The molecule has 0 aliphatic carbocycles. The molecule has 10 heteroatoms. The molecule has 37 heavy (non-hydrogen) atoms. The van der Waals surface area contributed by atoms with Crippen molar-refractivity contribution < 1.29 is 9.21 Å². The number of aromatic nitrogens is 2. The third-order valence-corrected chi connectivity index (χ3v) is 6.43. The van der Waals surface area contributed by atoms with Gasteiger partial charge in [0.2, 0.25) is 5.91 Å². The normalized spacial score (nSPS) is 15.2. The van der Waals surface area contributed by atoms with Crippen molar-refractivity contribution in [1.29, 1.82) is 0 Å². The maximum atomic E-state index is 12.2. The number of furan rings is 1. The number of carbonyl (C=O) groups excluding carboxylic acids is 1. The van der Waals surface area contributed by atoms with Crippen LogP contribution in [0.15, 0.2) is 64.1 Å². The Kier molecular flexibility index (Phi) is 6.49. The van der Waals surface area contributed by atoms with Gasteiger partial charge < -0.3 is 20.4 Å². The number of nitrogens with two attached hydrogens (primary N) is 1. The minimum absolute atomic E-state index is 0.144. The van der Waals surface area contributed by atoms with Crippen molar-refractivity contribution in [3.8, 4) is 17.1 Å². The lowest BCUT2D eigenvalue weighted by Crippen LogP contribution is -2.28. The summed E-state index contributed by atoms with van der Waals surface area (Å²) < 4.78 is 8.13. The van der Waals surface area contributed by atoms with Crippen LogP contribution >= 0.6 is 11.6 Å². The van der Waals surface area contributed by atoms with Gasteiger partial charge in [-0.15, -0.1) is 0 Å². The molecule has 9 nitrogen and oxygen atoms in total. The van der Waals surface area contributed by atoms with Crippen molar-refractivity contribution in [2.24, 2.45) is 10.8 Å². The number of amides is 1. The van der Waals surface area contributed by atoms with Crippen LogP contribution in [0.4, 0.5) is 5.69 Å². The van der Waals surface area contributed by atoms with Crippen molar-refractivity contribution in [3.63, 3.8) is 0 Å². The molecule has 1 atom stereocenters. The van der Waals surface area contributed by atoms with Crippen LogP contribution in [0.5, 0.6) is 0 Å². The Morgan fingerprint density at radius 3 is 2.76 bits per heavy atom. The van der Waals surface area contributed by atoms with Crippen LogP contribution in [-0.2, 0) is 4.79 Å². The lowest BCUT2D eigenvalue weighted by molar-refractivity contribution is -0.111. The summed E-state index contributed by atoms with van der Waals surface area (Å²) in [7, 11) is 3.89. The van der Waals surface area contributed by atoms with E-state index < -0.39 is 0 Å². The number of amidine groups is 1. The summed E-state index contributed by atoms with van der Waals surface area (Å²) in [6.45, 7) is 4.65. The third-order valence-electron chi connectivity index (χ3n) is 6.19. The highest BCUT2D eigenvalue weighted by Gasteiger charge is 2.31. The van der Waals surface area contributed by atoms with Crippen LogP contribution < -0.4 is 16.5 Å². The van der Waals surface area contributed by atoms with Gasteiger partial charge in [0.25, 0.3) is 0 Å². The topological polar surface area (TPSA) is 114 Å². The lowest BCUT2D eigenvalue weighted by atomic mass is 10.0. The van der Waals surface area contributed by atoms with E-state index in [2.05, 4.69) is 15.8 Å². The van der Waals surface area contributed by atoms with E-state index in [0.29, 0.717) is 34.5 Å². The predicted molar refractivity (Wildman–Crippen MR) is 147 cm³/mol. The van der Waals surface area contributed by atoms with Crippen LogP contribution in [-0.4, -0.2) is 47.1 Å². The molecule has 1 amide bonds. The number of hydrogen-bond acceptors (Lipinski definition) is 7. The second kappa shape index (κ2) is 9.76. The third kappa shape index (κ3) is 4.71. The number of carbonyl (C=O) groups is 1. The largest absolute Gasteiger partial charge is 0.454 e. The number of nitrogens with one attached hydrogen (secondary N) is 2. The molecule has 4 N–H and O–H groups in total. The fourth-order valence-corrected chi connectivity index (χ4v) is 4.50. The van der Waals surface area contributed by atoms with Gasteiger partial charge in [-0.05, 0) is 70.4 Å². The number of halogens is 1. The van der Waals surface area contributed by atoms with Gasteiger partial charge in [0.15, 0.2) is 11.6 Å². The molecular formula is C27H28ClN7O2. The Bertz CT molecular complexity index is 1550. The van der Waals surface area contributed by atoms with E-state index >= 15 is 0 Å². The van der Waals surface area contributed by atoms with Crippen molar-refractivity contribution in [2.45, 2.75) is 19.9 Å². The molecule has 0 saturated carbocycles. The number of hydrazone groups is 1. The highest BCUT2D eigenvalue weighted by atomic mass is 35.5. The molecule has 3 heterocycles. The van der Waals surface area contributed by atoms with Gasteiger partial charge in [-0.1, -0.05) is 17.7 Å². The Labute approximate surface area is 219 Å². The maximum absolute atomic E-state index is 12.2. The zero-order valence-electron chi connectivity index (χ0n) is 21.0. The van der Waals surface area contributed by atoms with E-state index in [1.54, 1.807) is 6.07 Å². The first-order chi connectivity index (χ1) is 17.7. The predicted octanol–water partition coefficient (Wildman–Crippen LogP) is 4.59. The summed E-state index contributed by atoms with van der Waals surface area (Å²) in [4.78, 5) is 14.2. The van der Waals surface area contributed by atoms with Gasteiger partial charge in [-0.25, -0.2) is 4.68 Å². The first kappa shape index (κ1) is 24.6. The molecule has 0 fully saturated rings. The smallest absolute Gasteiger partial charge is 0.248 e. The van der Waals surface area contributed by atoms with E-state index in [0.717, 1.165) is 33.5 Å². The molecule has 2 aromatic carbocycles. The van der Waals surface area contributed by atoms with Crippen LogP contribution in [0.25, 0.3) is 28.1 Å². The first-order valence-electron chi connectivity index (χ1n) is 11.9. The van der Waals surface area contributed by atoms with E-state index in [4.69, 9.17) is 26.9 Å². The molecule has 2 aromatic heterocycles. The fourth-order valence-electron chi connectivity index (χ4n) is 4.33. The maximum Gasteiger partial charge on any atom is 0.248 e. The van der Waals surface area contributed by atoms with Gasteiger partial charge in [0, 0.05) is 34.3 Å². The zero-order chi connectivity index (χ0) is 26.3. The number of hydrogen-bond donors (Lipinski definition) is 3. The molecular weight excluding hydrogens is 490 g/mol. The van der Waals surface area contributed by atoms with E-state index in [1.807, 2.05) is 80.0 Å². The fraction of sp³-hybridized carbons (Fsp3) is 0.222. The van der Waals surface area contributed by atoms with E-state index in [1.165, 1.54) is 6.08 Å². The average molecular weight is 518 g/mol. The van der Waals surface area contributed by atoms with Gasteiger partial charge >= 0.3 is 0 Å². The van der Waals surface area contributed by atoms with Crippen LogP contribution in [0.2, 0.25) is 5.02 Å². The molecule has 0 saturated heterocycles. The van der Waals surface area contributed by atoms with Crippen molar-refractivity contribution in [2.75, 3.05) is 26.0 Å². The van der Waals surface area contributed by atoms with E-state index in [-0.39, 0.29) is 11.9 Å². The average Bonchev–Trinajstić information content (AvgIpc) is 3.41. The SMILES string of the molecule is Cc1c(-c2c3c(nn2-c2ccc(NC(=O)/C=C/CN(C)C)cc2)C(C)NN=C3N)oc2ccc(Cl)cc12. The van der Waals surface area contributed by atoms with Crippen LogP contribution in [0, 0.1) is 6.92 Å². The molecule has 0 bridgehead atoms. The Hall–Kier alpha value is -4.08. The van der Waals surface area contributed by atoms with E-state index in [9.17, 15) is 4.79 Å². The number of fused-ring (bicyclic) bond motifs is 2.